The molecule has 1 spiro atoms. The van der Waals surface area contributed by atoms with Crippen LogP contribution in [0.15, 0.2) is 11.3 Å². The number of nitrogens with zero attached hydrogens (tertiary/aromatic N) is 1. The Morgan fingerprint density at radius 1 is 1.35 bits per heavy atom. The number of ketones is 1. The van der Waals surface area contributed by atoms with Gasteiger partial charge >= 0.3 is 0 Å². The summed E-state index contributed by atoms with van der Waals surface area (Å²) in [6, 6.07) is 0. The molecule has 4 aliphatic rings. The van der Waals surface area contributed by atoms with Gasteiger partial charge in [-0.2, -0.15) is 0 Å². The second kappa shape index (κ2) is 3.86. The van der Waals surface area contributed by atoms with Crippen LogP contribution in [-0.2, 0) is 4.79 Å². The maximum absolute atomic E-state index is 12.3. The molecule has 1 saturated carbocycles. The summed E-state index contributed by atoms with van der Waals surface area (Å²) in [6.07, 6.45) is 4.59. The van der Waals surface area contributed by atoms with E-state index in [1.165, 1.54) is 0 Å². The highest BCUT2D eigenvalue weighted by Crippen LogP contribution is 2.60. The molecule has 0 aromatic carbocycles. The largest absolute Gasteiger partial charge is 0.504 e. The molecule has 2 heterocycles. The van der Waals surface area contributed by atoms with Crippen LogP contribution < -0.4 is 0 Å². The van der Waals surface area contributed by atoms with Crippen molar-refractivity contribution in [2.45, 2.75) is 56.6 Å². The molecular weight excluding hydrogens is 254 g/mol. The average Bonchev–Trinajstić information content (AvgIpc) is 2.74. The Balaban J connectivity index is 1.99. The first kappa shape index (κ1) is 12.8. The molecule has 4 rings (SSSR count). The number of allylic oxidation sites excluding steroid dienone is 1. The van der Waals surface area contributed by atoms with Crippen molar-refractivity contribution < 1.29 is 15.0 Å². The lowest BCUT2D eigenvalue weighted by atomic mass is 9.55. The first-order chi connectivity index (χ1) is 9.49. The van der Waals surface area contributed by atoms with Crippen LogP contribution in [0.2, 0.25) is 0 Å². The molecule has 110 valence electrons. The van der Waals surface area contributed by atoms with Crippen molar-refractivity contribution in [2.24, 2.45) is 11.8 Å². The molecule has 0 aromatic heterocycles. The minimum atomic E-state index is -0.816. The molecule has 2 aliphatic carbocycles. The van der Waals surface area contributed by atoms with Crippen LogP contribution in [0.25, 0.3) is 0 Å². The Hall–Kier alpha value is -0.870. The maximum atomic E-state index is 12.3. The standard InChI is InChI=1S/C16H23NO3/c1-10-7-11-8-13(18)14(19)12-3-6-17-5-2-4-16(11,20)15(12,17)9-10/h10-11,19-20H,2-9H2,1H3/t10-,11?,15+,16?/m1/s1. The van der Waals surface area contributed by atoms with Crippen LogP contribution in [0, 0.1) is 11.8 Å². The Bertz CT molecular complexity index is 514. The van der Waals surface area contributed by atoms with Crippen molar-refractivity contribution in [3.05, 3.63) is 11.3 Å². The molecule has 4 nitrogen and oxygen atoms in total. The van der Waals surface area contributed by atoms with Gasteiger partial charge < -0.3 is 10.2 Å². The van der Waals surface area contributed by atoms with E-state index in [0.717, 1.165) is 50.8 Å². The van der Waals surface area contributed by atoms with Gasteiger partial charge in [0.05, 0.1) is 11.1 Å². The normalized spacial score (nSPS) is 48.2. The first-order valence-electron chi connectivity index (χ1n) is 7.92. The third-order valence-corrected chi connectivity index (χ3v) is 6.36. The number of carbonyl (C=O) groups is 1. The number of piperidine rings is 1. The van der Waals surface area contributed by atoms with Gasteiger partial charge in [0, 0.05) is 13.0 Å². The van der Waals surface area contributed by atoms with Gasteiger partial charge in [0.15, 0.2) is 11.5 Å². The predicted octanol–water partition coefficient (Wildman–Crippen LogP) is 1.79. The van der Waals surface area contributed by atoms with Gasteiger partial charge in [0.1, 0.15) is 0 Å². The van der Waals surface area contributed by atoms with Crippen molar-refractivity contribution in [2.75, 3.05) is 13.1 Å². The van der Waals surface area contributed by atoms with Crippen molar-refractivity contribution in [3.8, 4) is 0 Å². The highest BCUT2D eigenvalue weighted by atomic mass is 16.3. The second-order valence-electron chi connectivity index (χ2n) is 7.32. The number of hydrogen-bond acceptors (Lipinski definition) is 4. The fourth-order valence-corrected chi connectivity index (χ4v) is 5.71. The van der Waals surface area contributed by atoms with Crippen LogP contribution in [0.3, 0.4) is 0 Å². The number of aliphatic hydroxyl groups is 2. The monoisotopic (exact) mass is 277 g/mol. The van der Waals surface area contributed by atoms with Crippen molar-refractivity contribution in [1.29, 1.82) is 0 Å². The summed E-state index contributed by atoms with van der Waals surface area (Å²) in [5.41, 5.74) is -0.424. The van der Waals surface area contributed by atoms with Crippen molar-refractivity contribution >= 4 is 5.78 Å². The summed E-state index contributed by atoms with van der Waals surface area (Å²) in [4.78, 5) is 14.7. The van der Waals surface area contributed by atoms with Crippen LogP contribution in [-0.4, -0.2) is 45.1 Å². The average molecular weight is 277 g/mol. The number of aliphatic hydroxyl groups excluding tert-OH is 1. The Kier molecular flexibility index (Phi) is 2.48. The van der Waals surface area contributed by atoms with Crippen molar-refractivity contribution in [1.82, 2.24) is 4.90 Å². The predicted molar refractivity (Wildman–Crippen MR) is 74.3 cm³/mol. The van der Waals surface area contributed by atoms with Crippen LogP contribution in [0.4, 0.5) is 0 Å². The zero-order chi connectivity index (χ0) is 14.1. The Morgan fingerprint density at radius 2 is 2.15 bits per heavy atom. The SMILES string of the molecule is C[C@@H]1CC2CC(=O)C(O)=C3CCN4CCCC2(O)[C@]34C1. The van der Waals surface area contributed by atoms with E-state index in [0.29, 0.717) is 12.3 Å². The van der Waals surface area contributed by atoms with Crippen LogP contribution in [0.1, 0.15) is 45.4 Å². The topological polar surface area (TPSA) is 60.8 Å². The third-order valence-electron chi connectivity index (χ3n) is 6.36. The molecule has 0 amide bonds. The minimum Gasteiger partial charge on any atom is -0.504 e. The van der Waals surface area contributed by atoms with Crippen LogP contribution in [0.5, 0.6) is 0 Å². The molecule has 4 heteroatoms. The minimum absolute atomic E-state index is 0.000648. The number of rotatable bonds is 0. The van der Waals surface area contributed by atoms with E-state index in [2.05, 4.69) is 11.8 Å². The molecule has 2 bridgehead atoms. The lowest BCUT2D eigenvalue weighted by Crippen LogP contribution is -2.70. The first-order valence-corrected chi connectivity index (χ1v) is 7.92. The van der Waals surface area contributed by atoms with E-state index in [-0.39, 0.29) is 17.5 Å². The smallest absolute Gasteiger partial charge is 0.197 e. The number of carbonyl (C=O) groups excluding carboxylic acids is 1. The van der Waals surface area contributed by atoms with E-state index < -0.39 is 11.1 Å². The molecule has 4 atom stereocenters. The Morgan fingerprint density at radius 3 is 2.95 bits per heavy atom. The molecule has 0 radical (unpaired) electrons. The fourth-order valence-electron chi connectivity index (χ4n) is 5.71. The molecule has 0 aromatic rings. The lowest BCUT2D eigenvalue weighted by molar-refractivity contribution is -0.178. The van der Waals surface area contributed by atoms with E-state index in [1.807, 2.05) is 0 Å². The van der Waals surface area contributed by atoms with E-state index in [4.69, 9.17) is 0 Å². The molecular formula is C16H23NO3. The molecule has 2 N–H and O–H groups in total. The molecule has 3 fully saturated rings. The molecule has 2 saturated heterocycles. The van der Waals surface area contributed by atoms with Crippen molar-refractivity contribution in [3.63, 3.8) is 0 Å². The summed E-state index contributed by atoms with van der Waals surface area (Å²) in [5.74, 6) is 0.319. The Labute approximate surface area is 119 Å². The maximum Gasteiger partial charge on any atom is 0.197 e. The second-order valence-corrected chi connectivity index (χ2v) is 7.32. The molecule has 2 unspecified atom stereocenters. The quantitative estimate of drug-likeness (QED) is 0.708. The van der Waals surface area contributed by atoms with E-state index >= 15 is 0 Å². The third kappa shape index (κ3) is 1.27. The lowest BCUT2D eigenvalue weighted by Gasteiger charge is -2.60. The highest BCUT2D eigenvalue weighted by Gasteiger charge is 2.67. The van der Waals surface area contributed by atoms with E-state index in [1.54, 1.807) is 0 Å². The van der Waals surface area contributed by atoms with Gasteiger partial charge in [-0.05, 0) is 56.1 Å². The van der Waals surface area contributed by atoms with Crippen LogP contribution >= 0.6 is 0 Å². The summed E-state index contributed by atoms with van der Waals surface area (Å²) < 4.78 is 0. The molecule has 2 aliphatic heterocycles. The van der Waals surface area contributed by atoms with E-state index in [9.17, 15) is 15.0 Å². The highest BCUT2D eigenvalue weighted by molar-refractivity contribution is 5.95. The summed E-state index contributed by atoms with van der Waals surface area (Å²) in [6.45, 7) is 4.07. The number of Topliss-reactive ketones (excluding diaryl/α,β-unsaturated/α-hetero) is 1. The zero-order valence-corrected chi connectivity index (χ0v) is 12.1. The van der Waals surface area contributed by atoms with Gasteiger partial charge in [-0.1, -0.05) is 6.92 Å². The van der Waals surface area contributed by atoms with Gasteiger partial charge in [0.2, 0.25) is 0 Å². The fraction of sp³-hybridized carbons (Fsp3) is 0.812. The number of hydrogen-bond donors (Lipinski definition) is 2. The van der Waals surface area contributed by atoms with Gasteiger partial charge in [-0.15, -0.1) is 0 Å². The van der Waals surface area contributed by atoms with Gasteiger partial charge in [-0.25, -0.2) is 0 Å². The summed E-state index contributed by atoms with van der Waals surface area (Å²) >= 11 is 0. The van der Waals surface area contributed by atoms with Gasteiger partial charge in [0.25, 0.3) is 0 Å². The van der Waals surface area contributed by atoms with Gasteiger partial charge in [-0.3, -0.25) is 9.69 Å². The summed E-state index contributed by atoms with van der Waals surface area (Å²) in [7, 11) is 0. The zero-order valence-electron chi connectivity index (χ0n) is 12.1. The summed E-state index contributed by atoms with van der Waals surface area (Å²) in [5, 5.41) is 22.0. The molecule has 20 heavy (non-hydrogen) atoms.